The Bertz CT molecular complexity index is 735. The summed E-state index contributed by atoms with van der Waals surface area (Å²) in [6, 6.07) is 9.76. The van der Waals surface area contributed by atoms with E-state index in [4.69, 9.17) is 5.26 Å². The number of aryl methyl sites for hydroxylation is 1. The van der Waals surface area contributed by atoms with Crippen molar-refractivity contribution in [2.24, 2.45) is 7.05 Å². The predicted molar refractivity (Wildman–Crippen MR) is 58.5 cm³/mol. The molecule has 0 aliphatic rings. The first-order valence-corrected chi connectivity index (χ1v) is 4.79. The third kappa shape index (κ3) is 1.01. The van der Waals surface area contributed by atoms with Crippen molar-refractivity contribution in [3.8, 4) is 6.07 Å². The Kier molecular flexibility index (Phi) is 1.65. The van der Waals surface area contributed by atoms with Crippen molar-refractivity contribution < 1.29 is 0 Å². The molecule has 5 nitrogen and oxygen atoms in total. The van der Waals surface area contributed by atoms with Crippen molar-refractivity contribution in [3.05, 3.63) is 30.1 Å². The first-order chi connectivity index (χ1) is 7.81. The van der Waals surface area contributed by atoms with Gasteiger partial charge in [-0.2, -0.15) is 10.2 Å². The highest BCUT2D eigenvalue weighted by Crippen LogP contribution is 2.23. The fourth-order valence-corrected chi connectivity index (χ4v) is 1.85. The second-order valence-corrected chi connectivity index (χ2v) is 3.50. The van der Waals surface area contributed by atoms with Gasteiger partial charge in [-0.15, -0.1) is 10.2 Å². The second-order valence-electron chi connectivity index (χ2n) is 3.50. The summed E-state index contributed by atoms with van der Waals surface area (Å²) in [7, 11) is 1.90. The van der Waals surface area contributed by atoms with Gasteiger partial charge in [0.2, 0.25) is 0 Å². The van der Waals surface area contributed by atoms with Crippen LogP contribution in [0.25, 0.3) is 22.1 Å². The highest BCUT2D eigenvalue weighted by molar-refractivity contribution is 6.03. The van der Waals surface area contributed by atoms with Gasteiger partial charge in [0.05, 0.1) is 5.52 Å². The predicted octanol–water partition coefficient (Wildman–Crippen LogP) is 1.39. The maximum absolute atomic E-state index is 8.74. The van der Waals surface area contributed by atoms with Crippen LogP contribution in [0.3, 0.4) is 0 Å². The molecule has 0 saturated carbocycles. The largest absolute Gasteiger partial charge is 0.327 e. The van der Waals surface area contributed by atoms with E-state index in [0.29, 0.717) is 5.65 Å². The van der Waals surface area contributed by atoms with Crippen molar-refractivity contribution in [3.63, 3.8) is 0 Å². The number of rotatable bonds is 0. The molecule has 2 heterocycles. The van der Waals surface area contributed by atoms with Crippen LogP contribution in [-0.2, 0) is 7.05 Å². The van der Waals surface area contributed by atoms with E-state index in [0.717, 1.165) is 16.4 Å². The fraction of sp³-hybridized carbons (Fsp3) is 0.0909. The lowest BCUT2D eigenvalue weighted by molar-refractivity contribution is 0.937. The Morgan fingerprint density at radius 3 is 2.88 bits per heavy atom. The quantitative estimate of drug-likeness (QED) is 0.561. The zero-order valence-corrected chi connectivity index (χ0v) is 8.55. The Morgan fingerprint density at radius 1 is 1.25 bits per heavy atom. The summed E-state index contributed by atoms with van der Waals surface area (Å²) >= 11 is 0. The molecule has 0 saturated heterocycles. The molecular weight excluding hydrogens is 202 g/mol. The van der Waals surface area contributed by atoms with Crippen molar-refractivity contribution in [2.75, 3.05) is 0 Å². The number of hydrogen-bond acceptors (Lipinski definition) is 4. The normalized spacial score (nSPS) is 10.8. The summed E-state index contributed by atoms with van der Waals surface area (Å²) < 4.78 is 1.92. The minimum Gasteiger partial charge on any atom is -0.327 e. The molecule has 0 radical (unpaired) electrons. The average molecular weight is 209 g/mol. The number of fused-ring (bicyclic) bond motifs is 3. The summed E-state index contributed by atoms with van der Waals surface area (Å²) in [4.78, 5) is 4.16. The lowest BCUT2D eigenvalue weighted by Gasteiger charge is -1.94. The third-order valence-corrected chi connectivity index (χ3v) is 2.61. The molecule has 0 unspecified atom stereocenters. The van der Waals surface area contributed by atoms with E-state index in [1.54, 1.807) is 0 Å². The highest BCUT2D eigenvalue weighted by Gasteiger charge is 2.11. The van der Waals surface area contributed by atoms with Gasteiger partial charge in [0, 0.05) is 12.4 Å². The first-order valence-electron chi connectivity index (χ1n) is 4.79. The molecule has 3 aromatic rings. The molecule has 0 aliphatic heterocycles. The van der Waals surface area contributed by atoms with E-state index < -0.39 is 0 Å². The Balaban J connectivity index is 2.57. The molecule has 2 aromatic heterocycles. The number of nitriles is 1. The summed E-state index contributed by atoms with van der Waals surface area (Å²) in [5, 5.41) is 17.5. The second kappa shape index (κ2) is 3.00. The van der Waals surface area contributed by atoms with Gasteiger partial charge in [-0.3, -0.25) is 0 Å². The van der Waals surface area contributed by atoms with Crippen LogP contribution in [0.2, 0.25) is 0 Å². The van der Waals surface area contributed by atoms with Gasteiger partial charge in [-0.1, -0.05) is 18.2 Å². The number of aromatic nitrogens is 4. The number of para-hydroxylation sites is 1. The molecule has 3 rings (SSSR count). The van der Waals surface area contributed by atoms with E-state index >= 15 is 0 Å². The molecule has 0 spiro atoms. The Labute approximate surface area is 91.0 Å². The van der Waals surface area contributed by atoms with E-state index in [-0.39, 0.29) is 5.82 Å². The van der Waals surface area contributed by atoms with Crippen LogP contribution in [-0.4, -0.2) is 19.7 Å². The van der Waals surface area contributed by atoms with Crippen LogP contribution in [0.1, 0.15) is 5.82 Å². The molecule has 0 bridgehead atoms. The first kappa shape index (κ1) is 8.80. The molecule has 16 heavy (non-hydrogen) atoms. The summed E-state index contributed by atoms with van der Waals surface area (Å²) in [5.41, 5.74) is 2.46. The summed E-state index contributed by atoms with van der Waals surface area (Å²) in [6.07, 6.45) is 0. The average Bonchev–Trinajstić information content (AvgIpc) is 2.64. The Hall–Kier alpha value is -2.48. The summed E-state index contributed by atoms with van der Waals surface area (Å²) in [6.45, 7) is 0. The monoisotopic (exact) mass is 209 g/mol. The van der Waals surface area contributed by atoms with Crippen molar-refractivity contribution in [1.29, 1.82) is 5.26 Å². The van der Waals surface area contributed by atoms with Crippen molar-refractivity contribution >= 4 is 22.1 Å². The minimum atomic E-state index is 0.0957. The van der Waals surface area contributed by atoms with Gasteiger partial charge in [0.25, 0.3) is 5.82 Å². The third-order valence-electron chi connectivity index (χ3n) is 2.61. The summed E-state index contributed by atoms with van der Waals surface area (Å²) in [5.74, 6) is 0.0957. The van der Waals surface area contributed by atoms with Crippen molar-refractivity contribution in [1.82, 2.24) is 19.7 Å². The van der Waals surface area contributed by atoms with Crippen LogP contribution in [0.4, 0.5) is 0 Å². The SMILES string of the molecule is Cn1c2ccccc2c2nnc(C#N)nc21. The molecule has 0 aliphatic carbocycles. The van der Waals surface area contributed by atoms with Crippen LogP contribution >= 0.6 is 0 Å². The van der Waals surface area contributed by atoms with E-state index in [1.807, 2.05) is 41.9 Å². The van der Waals surface area contributed by atoms with Gasteiger partial charge < -0.3 is 4.57 Å². The van der Waals surface area contributed by atoms with Gasteiger partial charge in [-0.25, -0.2) is 0 Å². The number of hydrogen-bond donors (Lipinski definition) is 0. The van der Waals surface area contributed by atoms with E-state index in [2.05, 4.69) is 15.2 Å². The molecule has 76 valence electrons. The van der Waals surface area contributed by atoms with Crippen LogP contribution in [0, 0.1) is 11.3 Å². The van der Waals surface area contributed by atoms with Gasteiger partial charge >= 0.3 is 0 Å². The maximum Gasteiger partial charge on any atom is 0.254 e. The van der Waals surface area contributed by atoms with E-state index in [9.17, 15) is 0 Å². The van der Waals surface area contributed by atoms with Gasteiger partial charge in [0.1, 0.15) is 11.6 Å². The van der Waals surface area contributed by atoms with Gasteiger partial charge in [0.15, 0.2) is 5.65 Å². The fourth-order valence-electron chi connectivity index (χ4n) is 1.85. The lowest BCUT2D eigenvalue weighted by atomic mass is 10.2. The van der Waals surface area contributed by atoms with E-state index in [1.165, 1.54) is 0 Å². The molecule has 1 aromatic carbocycles. The molecule has 0 atom stereocenters. The molecule has 0 N–H and O–H groups in total. The highest BCUT2D eigenvalue weighted by atomic mass is 15.2. The zero-order chi connectivity index (χ0) is 11.1. The number of benzene rings is 1. The lowest BCUT2D eigenvalue weighted by Crippen LogP contribution is -1.96. The maximum atomic E-state index is 8.74. The van der Waals surface area contributed by atoms with Crippen LogP contribution < -0.4 is 0 Å². The molecule has 0 amide bonds. The topological polar surface area (TPSA) is 67.4 Å². The molecule has 5 heteroatoms. The van der Waals surface area contributed by atoms with Gasteiger partial charge in [-0.05, 0) is 6.07 Å². The molecule has 0 fully saturated rings. The van der Waals surface area contributed by atoms with Crippen LogP contribution in [0.15, 0.2) is 24.3 Å². The zero-order valence-electron chi connectivity index (χ0n) is 8.55. The standard InChI is InChI=1S/C11H7N5/c1-16-8-5-3-2-4-7(8)10-11(16)13-9(6-12)14-15-10/h2-5H,1H3. The Morgan fingerprint density at radius 2 is 2.06 bits per heavy atom. The smallest absolute Gasteiger partial charge is 0.254 e. The molecular formula is C11H7N5. The van der Waals surface area contributed by atoms with Crippen LogP contribution in [0.5, 0.6) is 0 Å². The number of nitrogens with zero attached hydrogens (tertiary/aromatic N) is 5. The minimum absolute atomic E-state index is 0.0957. The van der Waals surface area contributed by atoms with Crippen molar-refractivity contribution in [2.45, 2.75) is 0 Å².